The lowest BCUT2D eigenvalue weighted by molar-refractivity contribution is -0.117. The van der Waals surface area contributed by atoms with E-state index in [4.69, 9.17) is 0 Å². The Morgan fingerprint density at radius 2 is 2.46 bits per heavy atom. The first-order valence-corrected chi connectivity index (χ1v) is 5.83. The van der Waals surface area contributed by atoms with E-state index in [1.54, 1.807) is 18.3 Å². The van der Waals surface area contributed by atoms with Crippen LogP contribution in [0.5, 0.6) is 0 Å². The van der Waals surface area contributed by atoms with Gasteiger partial charge in [-0.25, -0.2) is 0 Å². The van der Waals surface area contributed by atoms with Gasteiger partial charge in [0, 0.05) is 22.8 Å². The second-order valence-electron chi connectivity index (χ2n) is 2.86. The standard InChI is InChI=1S/C9H12BrNOS/c1-7(12)3-2-4-11-9-5-8(10)6-13-9/h5-6,11H,2-4H2,1H3. The summed E-state index contributed by atoms with van der Waals surface area (Å²) >= 11 is 5.05. The number of hydrogen-bond donors (Lipinski definition) is 1. The van der Waals surface area contributed by atoms with Crippen LogP contribution in [0.1, 0.15) is 19.8 Å². The van der Waals surface area contributed by atoms with Crippen molar-refractivity contribution in [3.63, 3.8) is 0 Å². The molecule has 0 aliphatic rings. The molecule has 0 radical (unpaired) electrons. The van der Waals surface area contributed by atoms with Gasteiger partial charge < -0.3 is 10.1 Å². The summed E-state index contributed by atoms with van der Waals surface area (Å²) in [6.45, 7) is 2.49. The normalized spacial score (nSPS) is 10.0. The summed E-state index contributed by atoms with van der Waals surface area (Å²) in [6, 6.07) is 2.04. The van der Waals surface area contributed by atoms with E-state index in [2.05, 4.69) is 21.2 Å². The molecule has 1 N–H and O–H groups in total. The Morgan fingerprint density at radius 3 is 3.00 bits per heavy atom. The van der Waals surface area contributed by atoms with Crippen LogP contribution < -0.4 is 5.32 Å². The van der Waals surface area contributed by atoms with Crippen molar-refractivity contribution in [3.8, 4) is 0 Å². The lowest BCUT2D eigenvalue weighted by Crippen LogP contribution is -2.01. The van der Waals surface area contributed by atoms with Crippen LogP contribution in [0.3, 0.4) is 0 Å². The fourth-order valence-corrected chi connectivity index (χ4v) is 2.30. The Morgan fingerprint density at radius 1 is 1.69 bits per heavy atom. The largest absolute Gasteiger partial charge is 0.377 e. The molecule has 0 spiro atoms. The van der Waals surface area contributed by atoms with Crippen LogP contribution in [0.4, 0.5) is 5.00 Å². The van der Waals surface area contributed by atoms with E-state index >= 15 is 0 Å². The van der Waals surface area contributed by atoms with Crippen molar-refractivity contribution in [3.05, 3.63) is 15.9 Å². The van der Waals surface area contributed by atoms with Gasteiger partial charge >= 0.3 is 0 Å². The van der Waals surface area contributed by atoms with E-state index in [0.29, 0.717) is 6.42 Å². The number of rotatable bonds is 5. The number of carbonyl (C=O) groups is 1. The van der Waals surface area contributed by atoms with Gasteiger partial charge in [0.25, 0.3) is 0 Å². The Balaban J connectivity index is 2.16. The van der Waals surface area contributed by atoms with Crippen molar-refractivity contribution in [1.82, 2.24) is 0 Å². The summed E-state index contributed by atoms with van der Waals surface area (Å²) in [7, 11) is 0. The minimum atomic E-state index is 0.258. The third-order valence-corrected chi connectivity index (χ3v) is 3.22. The lowest BCUT2D eigenvalue weighted by Gasteiger charge is -2.00. The van der Waals surface area contributed by atoms with Gasteiger partial charge in [-0.2, -0.15) is 0 Å². The van der Waals surface area contributed by atoms with Gasteiger partial charge in [0.15, 0.2) is 0 Å². The molecule has 2 nitrogen and oxygen atoms in total. The van der Waals surface area contributed by atoms with Crippen LogP contribution in [-0.4, -0.2) is 12.3 Å². The molecule has 4 heteroatoms. The SMILES string of the molecule is CC(=O)CCCNc1cc(Br)cs1. The van der Waals surface area contributed by atoms with Crippen molar-refractivity contribution in [2.45, 2.75) is 19.8 Å². The van der Waals surface area contributed by atoms with Crippen LogP contribution in [-0.2, 0) is 4.79 Å². The van der Waals surface area contributed by atoms with Crippen LogP contribution in [0.15, 0.2) is 15.9 Å². The van der Waals surface area contributed by atoms with Gasteiger partial charge in [0.2, 0.25) is 0 Å². The zero-order chi connectivity index (χ0) is 9.68. The van der Waals surface area contributed by atoms with E-state index in [-0.39, 0.29) is 5.78 Å². The number of halogens is 1. The van der Waals surface area contributed by atoms with Gasteiger partial charge in [-0.15, -0.1) is 11.3 Å². The highest BCUT2D eigenvalue weighted by Crippen LogP contribution is 2.24. The van der Waals surface area contributed by atoms with Gasteiger partial charge in [0.05, 0.1) is 5.00 Å². The number of anilines is 1. The molecule has 1 aromatic rings. The monoisotopic (exact) mass is 261 g/mol. The molecule has 72 valence electrons. The van der Waals surface area contributed by atoms with E-state index in [0.717, 1.165) is 22.4 Å². The Bertz CT molecular complexity index is 285. The van der Waals surface area contributed by atoms with Crippen LogP contribution in [0.25, 0.3) is 0 Å². The highest BCUT2D eigenvalue weighted by atomic mass is 79.9. The molecule has 1 rings (SSSR count). The zero-order valence-electron chi connectivity index (χ0n) is 7.47. The van der Waals surface area contributed by atoms with E-state index in [1.807, 2.05) is 11.4 Å². The van der Waals surface area contributed by atoms with E-state index < -0.39 is 0 Å². The third kappa shape index (κ3) is 4.43. The second-order valence-corrected chi connectivity index (χ2v) is 4.69. The lowest BCUT2D eigenvalue weighted by atomic mass is 10.2. The van der Waals surface area contributed by atoms with Crippen LogP contribution >= 0.6 is 27.3 Å². The van der Waals surface area contributed by atoms with Gasteiger partial charge in [-0.3, -0.25) is 0 Å². The van der Waals surface area contributed by atoms with Crippen LogP contribution in [0.2, 0.25) is 0 Å². The average Bonchev–Trinajstić information content (AvgIpc) is 2.45. The highest BCUT2D eigenvalue weighted by Gasteiger charge is 1.96. The van der Waals surface area contributed by atoms with E-state index in [1.165, 1.54) is 0 Å². The second kappa shape index (κ2) is 5.40. The molecule has 13 heavy (non-hydrogen) atoms. The third-order valence-electron chi connectivity index (χ3n) is 1.57. The fourth-order valence-electron chi connectivity index (χ4n) is 0.955. The number of nitrogens with one attached hydrogen (secondary N) is 1. The summed E-state index contributed by atoms with van der Waals surface area (Å²) in [5.41, 5.74) is 0. The first-order chi connectivity index (χ1) is 6.18. The molecule has 1 heterocycles. The highest BCUT2D eigenvalue weighted by molar-refractivity contribution is 9.10. The predicted octanol–water partition coefficient (Wildman–Crippen LogP) is 3.29. The molecule has 0 aliphatic carbocycles. The topological polar surface area (TPSA) is 29.1 Å². The summed E-state index contributed by atoms with van der Waals surface area (Å²) in [5, 5.41) is 6.44. The average molecular weight is 262 g/mol. The Labute approximate surface area is 90.5 Å². The number of ketones is 1. The maximum Gasteiger partial charge on any atom is 0.129 e. The van der Waals surface area contributed by atoms with Crippen molar-refractivity contribution in [2.75, 3.05) is 11.9 Å². The first kappa shape index (κ1) is 10.7. The summed E-state index contributed by atoms with van der Waals surface area (Å²) in [6.07, 6.45) is 1.57. The van der Waals surface area contributed by atoms with Crippen LogP contribution in [0, 0.1) is 0 Å². The molecule has 0 atom stereocenters. The molecule has 0 bridgehead atoms. The zero-order valence-corrected chi connectivity index (χ0v) is 9.87. The summed E-state index contributed by atoms with van der Waals surface area (Å²) in [4.78, 5) is 10.6. The van der Waals surface area contributed by atoms with E-state index in [9.17, 15) is 4.79 Å². The molecule has 1 aromatic heterocycles. The molecule has 0 fully saturated rings. The number of Topliss-reactive ketones (excluding diaryl/α,β-unsaturated/α-hetero) is 1. The number of carbonyl (C=O) groups excluding carboxylic acids is 1. The molecule has 0 saturated heterocycles. The smallest absolute Gasteiger partial charge is 0.129 e. The fraction of sp³-hybridized carbons (Fsp3) is 0.444. The molecule has 0 saturated carbocycles. The molecule has 0 aromatic carbocycles. The first-order valence-electron chi connectivity index (χ1n) is 4.16. The predicted molar refractivity (Wildman–Crippen MR) is 60.4 cm³/mol. The minimum absolute atomic E-state index is 0.258. The van der Waals surface area contributed by atoms with Crippen molar-refractivity contribution >= 4 is 38.1 Å². The van der Waals surface area contributed by atoms with Crippen molar-refractivity contribution in [2.24, 2.45) is 0 Å². The van der Waals surface area contributed by atoms with Gasteiger partial charge in [-0.1, -0.05) is 0 Å². The quantitative estimate of drug-likeness (QED) is 0.825. The Hall–Kier alpha value is -0.350. The van der Waals surface area contributed by atoms with Crippen molar-refractivity contribution in [1.29, 1.82) is 0 Å². The number of hydrogen-bond acceptors (Lipinski definition) is 3. The van der Waals surface area contributed by atoms with Gasteiger partial charge in [-0.05, 0) is 35.3 Å². The summed E-state index contributed by atoms with van der Waals surface area (Å²) < 4.78 is 1.10. The molecule has 0 aliphatic heterocycles. The molecule has 0 unspecified atom stereocenters. The van der Waals surface area contributed by atoms with Gasteiger partial charge in [0.1, 0.15) is 5.78 Å². The Kier molecular flexibility index (Phi) is 4.45. The maximum absolute atomic E-state index is 10.6. The molecular weight excluding hydrogens is 250 g/mol. The summed E-state index contributed by atoms with van der Waals surface area (Å²) in [5.74, 6) is 0.258. The molecule has 0 amide bonds. The van der Waals surface area contributed by atoms with Crippen molar-refractivity contribution < 1.29 is 4.79 Å². The maximum atomic E-state index is 10.6. The molecular formula is C9H12BrNOS. The minimum Gasteiger partial charge on any atom is -0.377 e. The number of thiophene rings is 1.